The Morgan fingerprint density at radius 3 is 2.19 bits per heavy atom. The number of benzene rings is 2. The molecular formula is C20H24N2O5. The van der Waals surface area contributed by atoms with E-state index in [4.69, 9.17) is 19.9 Å². The molecule has 2 N–H and O–H groups in total. The minimum absolute atomic E-state index is 0.112. The molecule has 0 bridgehead atoms. The quantitative estimate of drug-likeness (QED) is 0.767. The molecule has 2 rings (SSSR count). The van der Waals surface area contributed by atoms with Gasteiger partial charge in [0.15, 0.2) is 18.1 Å². The zero-order valence-electron chi connectivity index (χ0n) is 15.9. The Labute approximate surface area is 158 Å². The molecule has 0 aliphatic rings. The molecule has 2 amide bonds. The highest BCUT2D eigenvalue weighted by atomic mass is 16.5. The summed E-state index contributed by atoms with van der Waals surface area (Å²) in [5.74, 6) is 1.06. The molecule has 0 aliphatic heterocycles. The number of methoxy groups -OCH3 is 2. The van der Waals surface area contributed by atoms with Crippen molar-refractivity contribution in [3.05, 3.63) is 53.1 Å². The van der Waals surface area contributed by atoms with Gasteiger partial charge in [-0.25, -0.2) is 0 Å². The predicted octanol–water partition coefficient (Wildman–Crippen LogP) is 2.15. The van der Waals surface area contributed by atoms with Crippen molar-refractivity contribution in [2.45, 2.75) is 13.5 Å². The molecule has 0 heterocycles. The largest absolute Gasteiger partial charge is 0.493 e. The first-order valence-corrected chi connectivity index (χ1v) is 8.33. The third-order valence-electron chi connectivity index (χ3n) is 4.18. The van der Waals surface area contributed by atoms with Crippen LogP contribution in [0.3, 0.4) is 0 Å². The summed E-state index contributed by atoms with van der Waals surface area (Å²) in [5, 5.41) is 0. The lowest BCUT2D eigenvalue weighted by Gasteiger charge is -2.20. The molecule has 7 heteroatoms. The van der Waals surface area contributed by atoms with Gasteiger partial charge in [-0.2, -0.15) is 0 Å². The molecule has 0 saturated heterocycles. The van der Waals surface area contributed by atoms with E-state index in [0.29, 0.717) is 29.4 Å². The molecule has 2 aromatic rings. The molecule has 0 saturated carbocycles. The maximum Gasteiger partial charge on any atom is 0.260 e. The average molecular weight is 372 g/mol. The number of nitrogens with zero attached hydrogens (tertiary/aromatic N) is 1. The highest BCUT2D eigenvalue weighted by molar-refractivity contribution is 5.92. The molecule has 2 aromatic carbocycles. The summed E-state index contributed by atoms with van der Waals surface area (Å²) >= 11 is 0. The molecule has 0 spiro atoms. The minimum Gasteiger partial charge on any atom is -0.493 e. The molecular weight excluding hydrogens is 348 g/mol. The average Bonchev–Trinajstić information content (AvgIpc) is 2.67. The highest BCUT2D eigenvalue weighted by Gasteiger charge is 2.14. The third-order valence-corrected chi connectivity index (χ3v) is 4.18. The molecule has 0 atom stereocenters. The van der Waals surface area contributed by atoms with Gasteiger partial charge in [0.05, 0.1) is 14.2 Å². The fourth-order valence-corrected chi connectivity index (χ4v) is 2.51. The SMILES string of the molecule is COc1cc(C)c(CN(C)C(=O)COc2ccc(C(N)=O)cc2)cc1OC. The van der Waals surface area contributed by atoms with Gasteiger partial charge < -0.3 is 24.8 Å². The van der Waals surface area contributed by atoms with Crippen molar-refractivity contribution in [1.82, 2.24) is 4.90 Å². The zero-order valence-corrected chi connectivity index (χ0v) is 15.9. The Morgan fingerprint density at radius 2 is 1.63 bits per heavy atom. The third kappa shape index (κ3) is 5.13. The number of carbonyl (C=O) groups excluding carboxylic acids is 2. The predicted molar refractivity (Wildman–Crippen MR) is 101 cm³/mol. The van der Waals surface area contributed by atoms with Crippen molar-refractivity contribution in [3.63, 3.8) is 0 Å². The lowest BCUT2D eigenvalue weighted by molar-refractivity contribution is -0.132. The van der Waals surface area contributed by atoms with Gasteiger partial charge in [0.2, 0.25) is 5.91 Å². The standard InChI is InChI=1S/C20H24N2O5/c1-13-9-17(25-3)18(26-4)10-15(13)11-22(2)19(23)12-27-16-7-5-14(6-8-16)20(21)24/h5-10H,11-12H2,1-4H3,(H2,21,24). The van der Waals surface area contributed by atoms with E-state index in [-0.39, 0.29) is 12.5 Å². The summed E-state index contributed by atoms with van der Waals surface area (Å²) < 4.78 is 16.1. The Balaban J connectivity index is 1.98. The summed E-state index contributed by atoms with van der Waals surface area (Å²) in [4.78, 5) is 25.0. The van der Waals surface area contributed by atoms with Crippen LogP contribution < -0.4 is 19.9 Å². The maximum atomic E-state index is 12.4. The van der Waals surface area contributed by atoms with E-state index in [9.17, 15) is 9.59 Å². The van der Waals surface area contributed by atoms with E-state index in [1.165, 1.54) is 0 Å². The maximum absolute atomic E-state index is 12.4. The van der Waals surface area contributed by atoms with Crippen molar-refractivity contribution >= 4 is 11.8 Å². The van der Waals surface area contributed by atoms with Crippen LogP contribution in [0.4, 0.5) is 0 Å². The van der Waals surface area contributed by atoms with Crippen molar-refractivity contribution in [3.8, 4) is 17.2 Å². The number of aryl methyl sites for hydroxylation is 1. The molecule has 0 radical (unpaired) electrons. The van der Waals surface area contributed by atoms with Gasteiger partial charge in [-0.3, -0.25) is 9.59 Å². The summed E-state index contributed by atoms with van der Waals surface area (Å²) in [6, 6.07) is 10.1. The van der Waals surface area contributed by atoms with E-state index < -0.39 is 5.91 Å². The second kappa shape index (κ2) is 8.93. The minimum atomic E-state index is -0.511. The van der Waals surface area contributed by atoms with Crippen molar-refractivity contribution in [2.24, 2.45) is 5.73 Å². The number of rotatable bonds is 8. The topological polar surface area (TPSA) is 91.1 Å². The van der Waals surface area contributed by atoms with Crippen LogP contribution in [0.15, 0.2) is 36.4 Å². The molecule has 144 valence electrons. The first-order chi connectivity index (χ1) is 12.8. The van der Waals surface area contributed by atoms with Crippen LogP contribution in [0.5, 0.6) is 17.2 Å². The molecule has 0 aromatic heterocycles. The molecule has 0 unspecified atom stereocenters. The number of likely N-dealkylation sites (N-methyl/N-ethyl adjacent to an activating group) is 1. The van der Waals surface area contributed by atoms with Gasteiger partial charge in [-0.1, -0.05) is 0 Å². The number of amides is 2. The van der Waals surface area contributed by atoms with Crippen LogP contribution in [0.1, 0.15) is 21.5 Å². The number of hydrogen-bond acceptors (Lipinski definition) is 5. The van der Waals surface area contributed by atoms with Gasteiger partial charge in [0.1, 0.15) is 5.75 Å². The Hall–Kier alpha value is -3.22. The van der Waals surface area contributed by atoms with E-state index in [0.717, 1.165) is 11.1 Å². The van der Waals surface area contributed by atoms with Gasteiger partial charge in [0.25, 0.3) is 5.91 Å². The van der Waals surface area contributed by atoms with E-state index >= 15 is 0 Å². The summed E-state index contributed by atoms with van der Waals surface area (Å²) in [5.41, 5.74) is 7.53. The number of nitrogens with two attached hydrogens (primary N) is 1. The second-order valence-electron chi connectivity index (χ2n) is 6.06. The summed E-state index contributed by atoms with van der Waals surface area (Å²) in [7, 11) is 4.86. The summed E-state index contributed by atoms with van der Waals surface area (Å²) in [6.07, 6.45) is 0. The first-order valence-electron chi connectivity index (χ1n) is 8.33. The number of carbonyl (C=O) groups is 2. The van der Waals surface area contributed by atoms with Crippen LogP contribution >= 0.6 is 0 Å². The fourth-order valence-electron chi connectivity index (χ4n) is 2.51. The second-order valence-corrected chi connectivity index (χ2v) is 6.06. The zero-order chi connectivity index (χ0) is 20.0. The molecule has 27 heavy (non-hydrogen) atoms. The van der Waals surface area contributed by atoms with E-state index in [2.05, 4.69) is 0 Å². The number of ether oxygens (including phenoxy) is 3. The fraction of sp³-hybridized carbons (Fsp3) is 0.300. The van der Waals surface area contributed by atoms with Crippen LogP contribution in [0.25, 0.3) is 0 Å². The normalized spacial score (nSPS) is 10.2. The van der Waals surface area contributed by atoms with E-state index in [1.807, 2.05) is 19.1 Å². The lowest BCUT2D eigenvalue weighted by atomic mass is 10.1. The van der Waals surface area contributed by atoms with Crippen LogP contribution in [-0.2, 0) is 11.3 Å². The molecule has 0 aliphatic carbocycles. The monoisotopic (exact) mass is 372 g/mol. The van der Waals surface area contributed by atoms with Crippen LogP contribution in [0.2, 0.25) is 0 Å². The van der Waals surface area contributed by atoms with Crippen molar-refractivity contribution in [2.75, 3.05) is 27.9 Å². The Morgan fingerprint density at radius 1 is 1.04 bits per heavy atom. The van der Waals surface area contributed by atoms with Crippen LogP contribution in [-0.4, -0.2) is 44.6 Å². The van der Waals surface area contributed by atoms with Gasteiger partial charge in [-0.15, -0.1) is 0 Å². The first kappa shape index (κ1) is 20.1. The van der Waals surface area contributed by atoms with Gasteiger partial charge >= 0.3 is 0 Å². The number of hydrogen-bond donors (Lipinski definition) is 1. The molecule has 7 nitrogen and oxygen atoms in total. The van der Waals surface area contributed by atoms with E-state index in [1.54, 1.807) is 50.4 Å². The Bertz CT molecular complexity index is 818. The highest BCUT2D eigenvalue weighted by Crippen LogP contribution is 2.30. The molecule has 0 fully saturated rings. The van der Waals surface area contributed by atoms with Gasteiger partial charge in [0, 0.05) is 19.2 Å². The number of primary amides is 1. The summed E-state index contributed by atoms with van der Waals surface area (Å²) in [6.45, 7) is 2.25. The lowest BCUT2D eigenvalue weighted by Crippen LogP contribution is -2.31. The Kier molecular flexibility index (Phi) is 6.65. The van der Waals surface area contributed by atoms with Crippen molar-refractivity contribution < 1.29 is 23.8 Å². The van der Waals surface area contributed by atoms with Gasteiger partial charge in [-0.05, 0) is 54.4 Å². The van der Waals surface area contributed by atoms with Crippen LogP contribution in [0, 0.1) is 6.92 Å². The van der Waals surface area contributed by atoms with Crippen molar-refractivity contribution in [1.29, 1.82) is 0 Å². The smallest absolute Gasteiger partial charge is 0.260 e.